The summed E-state index contributed by atoms with van der Waals surface area (Å²) in [6.07, 6.45) is 5.59. The third-order valence-corrected chi connectivity index (χ3v) is 6.23. The minimum absolute atomic E-state index is 0.280. The van der Waals surface area contributed by atoms with Crippen LogP contribution in [-0.2, 0) is 4.79 Å². The van der Waals surface area contributed by atoms with E-state index in [-0.39, 0.29) is 5.92 Å². The molecule has 6 heteroatoms. The lowest BCUT2D eigenvalue weighted by Gasteiger charge is -2.21. The van der Waals surface area contributed by atoms with Crippen molar-refractivity contribution < 1.29 is 4.79 Å². The topological polar surface area (TPSA) is 56.7 Å². The second-order valence-corrected chi connectivity index (χ2v) is 8.35. The highest BCUT2D eigenvalue weighted by molar-refractivity contribution is 7.07. The van der Waals surface area contributed by atoms with Gasteiger partial charge in [0.05, 0.1) is 0 Å². The number of aliphatic imine (C=N–C) groups is 1. The Kier molecular flexibility index (Phi) is 6.94. The van der Waals surface area contributed by atoms with Crippen LogP contribution < -0.4 is 10.6 Å². The highest BCUT2D eigenvalue weighted by Crippen LogP contribution is 2.27. The molecule has 2 atom stereocenters. The Labute approximate surface area is 161 Å². The first-order valence-corrected chi connectivity index (χ1v) is 11.0. The Bertz CT molecular complexity index is 595. The van der Waals surface area contributed by atoms with E-state index in [4.69, 9.17) is 4.99 Å². The van der Waals surface area contributed by atoms with Crippen molar-refractivity contribution in [2.45, 2.75) is 57.9 Å². The molecule has 1 aromatic heterocycles. The van der Waals surface area contributed by atoms with Gasteiger partial charge in [0.15, 0.2) is 5.96 Å². The lowest BCUT2D eigenvalue weighted by molar-refractivity contribution is -0.134. The highest BCUT2D eigenvalue weighted by atomic mass is 32.1. The summed E-state index contributed by atoms with van der Waals surface area (Å²) in [4.78, 5) is 19.4. The van der Waals surface area contributed by atoms with Crippen molar-refractivity contribution in [2.24, 2.45) is 10.9 Å². The third-order valence-electron chi connectivity index (χ3n) is 5.52. The molecule has 2 heterocycles. The Hall–Kier alpha value is -1.56. The maximum absolute atomic E-state index is 12.6. The normalized spacial score (nSPS) is 22.6. The van der Waals surface area contributed by atoms with E-state index in [0.29, 0.717) is 17.9 Å². The summed E-state index contributed by atoms with van der Waals surface area (Å²) in [5.41, 5.74) is 1.35. The lowest BCUT2D eigenvalue weighted by Crippen LogP contribution is -2.45. The number of guanidine groups is 1. The fourth-order valence-electron chi connectivity index (χ4n) is 3.91. The van der Waals surface area contributed by atoms with E-state index in [9.17, 15) is 4.79 Å². The molecule has 2 unspecified atom stereocenters. The van der Waals surface area contributed by atoms with Gasteiger partial charge in [-0.2, -0.15) is 11.3 Å². The molecule has 0 aromatic carbocycles. The van der Waals surface area contributed by atoms with Gasteiger partial charge in [-0.05, 0) is 48.6 Å². The maximum atomic E-state index is 12.6. The SMILES string of the molecule is CCNC(=NCC(C)c1ccsc1)NC1CCN(C(=O)C2CCCC2)C1. The summed E-state index contributed by atoms with van der Waals surface area (Å²) in [7, 11) is 0. The number of amides is 1. The van der Waals surface area contributed by atoms with Gasteiger partial charge in [0, 0.05) is 44.1 Å². The largest absolute Gasteiger partial charge is 0.357 e. The van der Waals surface area contributed by atoms with E-state index in [1.54, 1.807) is 11.3 Å². The molecule has 26 heavy (non-hydrogen) atoms. The van der Waals surface area contributed by atoms with Gasteiger partial charge >= 0.3 is 0 Å². The number of nitrogens with one attached hydrogen (secondary N) is 2. The molecule has 2 aliphatic rings. The van der Waals surface area contributed by atoms with Crippen LogP contribution in [0.1, 0.15) is 57.4 Å². The van der Waals surface area contributed by atoms with E-state index in [1.807, 2.05) is 0 Å². The molecule has 5 nitrogen and oxygen atoms in total. The number of carbonyl (C=O) groups excluding carboxylic acids is 1. The quantitative estimate of drug-likeness (QED) is 0.592. The minimum atomic E-state index is 0.280. The predicted octanol–water partition coefficient (Wildman–Crippen LogP) is 3.20. The van der Waals surface area contributed by atoms with Gasteiger partial charge < -0.3 is 15.5 Å². The molecule has 2 N–H and O–H groups in total. The van der Waals surface area contributed by atoms with Crippen LogP contribution in [0.5, 0.6) is 0 Å². The van der Waals surface area contributed by atoms with Crippen molar-refractivity contribution in [2.75, 3.05) is 26.2 Å². The lowest BCUT2D eigenvalue weighted by atomic mass is 10.1. The van der Waals surface area contributed by atoms with Crippen molar-refractivity contribution in [1.82, 2.24) is 15.5 Å². The van der Waals surface area contributed by atoms with Gasteiger partial charge in [-0.3, -0.25) is 9.79 Å². The molecular formula is C20H32N4OS. The summed E-state index contributed by atoms with van der Waals surface area (Å²) in [6.45, 7) is 7.59. The summed E-state index contributed by atoms with van der Waals surface area (Å²) < 4.78 is 0. The van der Waals surface area contributed by atoms with Crippen LogP contribution in [-0.4, -0.2) is 49.0 Å². The van der Waals surface area contributed by atoms with Crippen molar-refractivity contribution in [3.05, 3.63) is 22.4 Å². The Morgan fingerprint density at radius 2 is 2.19 bits per heavy atom. The third kappa shape index (κ3) is 5.00. The maximum Gasteiger partial charge on any atom is 0.225 e. The van der Waals surface area contributed by atoms with Crippen molar-refractivity contribution in [3.63, 3.8) is 0 Å². The number of hydrogen-bond donors (Lipinski definition) is 2. The molecule has 144 valence electrons. The summed E-state index contributed by atoms with van der Waals surface area (Å²) in [5, 5.41) is 11.2. The van der Waals surface area contributed by atoms with E-state index in [0.717, 1.165) is 51.4 Å². The minimum Gasteiger partial charge on any atom is -0.357 e. The predicted molar refractivity (Wildman–Crippen MR) is 109 cm³/mol. The van der Waals surface area contributed by atoms with Crippen LogP contribution in [0.4, 0.5) is 0 Å². The van der Waals surface area contributed by atoms with Gasteiger partial charge in [0.25, 0.3) is 0 Å². The summed E-state index contributed by atoms with van der Waals surface area (Å²) in [6, 6.07) is 2.48. The van der Waals surface area contributed by atoms with E-state index in [2.05, 4.69) is 46.2 Å². The Morgan fingerprint density at radius 1 is 1.38 bits per heavy atom. The van der Waals surface area contributed by atoms with E-state index < -0.39 is 0 Å². The fourth-order valence-corrected chi connectivity index (χ4v) is 4.69. The number of thiophene rings is 1. The first-order chi connectivity index (χ1) is 12.7. The molecule has 1 saturated carbocycles. The average molecular weight is 377 g/mol. The molecule has 3 rings (SSSR count). The number of hydrogen-bond acceptors (Lipinski definition) is 3. The van der Waals surface area contributed by atoms with Crippen LogP contribution in [0.3, 0.4) is 0 Å². The molecule has 1 aliphatic carbocycles. The second-order valence-electron chi connectivity index (χ2n) is 7.57. The van der Waals surface area contributed by atoms with E-state index >= 15 is 0 Å². The van der Waals surface area contributed by atoms with Crippen LogP contribution in [0.15, 0.2) is 21.8 Å². The molecule has 1 aliphatic heterocycles. The monoisotopic (exact) mass is 376 g/mol. The summed E-state index contributed by atoms with van der Waals surface area (Å²) >= 11 is 1.73. The molecular weight excluding hydrogens is 344 g/mol. The van der Waals surface area contributed by atoms with Gasteiger partial charge in [0.2, 0.25) is 5.91 Å². The van der Waals surface area contributed by atoms with Gasteiger partial charge in [-0.25, -0.2) is 0 Å². The van der Waals surface area contributed by atoms with Crippen LogP contribution >= 0.6 is 11.3 Å². The number of rotatable bonds is 6. The Balaban J connectivity index is 1.51. The van der Waals surface area contributed by atoms with Crippen LogP contribution in [0, 0.1) is 5.92 Å². The smallest absolute Gasteiger partial charge is 0.225 e. The zero-order valence-electron chi connectivity index (χ0n) is 16.0. The Morgan fingerprint density at radius 3 is 2.88 bits per heavy atom. The van der Waals surface area contributed by atoms with Gasteiger partial charge in [0.1, 0.15) is 0 Å². The summed E-state index contributed by atoms with van der Waals surface area (Å²) in [5.74, 6) is 1.94. The molecule has 2 fully saturated rings. The standard InChI is InChI=1S/C20H32N4OS/c1-3-21-20(22-12-15(2)17-9-11-26-14-17)23-18-8-10-24(13-18)19(25)16-6-4-5-7-16/h9,11,14-16,18H,3-8,10,12-13H2,1-2H3,(H2,21,22,23). The van der Waals surface area contributed by atoms with Gasteiger partial charge in [-0.15, -0.1) is 0 Å². The average Bonchev–Trinajstić information content (AvgIpc) is 3.41. The molecule has 1 aromatic rings. The number of carbonyl (C=O) groups is 1. The molecule has 1 saturated heterocycles. The van der Waals surface area contributed by atoms with Crippen LogP contribution in [0.2, 0.25) is 0 Å². The molecule has 0 radical (unpaired) electrons. The fraction of sp³-hybridized carbons (Fsp3) is 0.700. The van der Waals surface area contributed by atoms with Crippen molar-refractivity contribution in [1.29, 1.82) is 0 Å². The second kappa shape index (κ2) is 9.40. The zero-order chi connectivity index (χ0) is 18.4. The first-order valence-electron chi connectivity index (χ1n) is 10.0. The van der Waals surface area contributed by atoms with Crippen LogP contribution in [0.25, 0.3) is 0 Å². The first kappa shape index (κ1) is 19.2. The molecule has 1 amide bonds. The number of likely N-dealkylation sites (tertiary alicyclic amines) is 1. The molecule has 0 spiro atoms. The van der Waals surface area contributed by atoms with E-state index in [1.165, 1.54) is 18.4 Å². The van der Waals surface area contributed by atoms with Gasteiger partial charge in [-0.1, -0.05) is 19.8 Å². The van der Waals surface area contributed by atoms with Crippen molar-refractivity contribution in [3.8, 4) is 0 Å². The van der Waals surface area contributed by atoms with Crippen molar-refractivity contribution >= 4 is 23.2 Å². The number of nitrogens with zero attached hydrogens (tertiary/aromatic N) is 2. The molecule has 0 bridgehead atoms. The highest BCUT2D eigenvalue weighted by Gasteiger charge is 2.32. The zero-order valence-corrected chi connectivity index (χ0v) is 16.9.